The minimum atomic E-state index is -1.77. The van der Waals surface area contributed by atoms with Gasteiger partial charge in [-0.3, -0.25) is 14.4 Å². The number of benzene rings is 3. The fourth-order valence-corrected chi connectivity index (χ4v) is 5.06. The standard InChI is InChI=1S/C32H36FN3O6/c1-3-42-24-12-7-11-22(15-24)18-34-31(40)27-17-23(33)19-36(27)32(41)29(38)26(16-21-9-5-4-6-10-21)35-30(39)25-13-8-14-28(37)20(25)2/h4-15,23,26-27,29,37-38H,3,16-19H2,1-2H3,(H,34,40)(H,35,39)/t23-,26+,27-,29+/m1/s1. The van der Waals surface area contributed by atoms with Crippen LogP contribution in [0.2, 0.25) is 0 Å². The van der Waals surface area contributed by atoms with Crippen LogP contribution in [0.3, 0.4) is 0 Å². The van der Waals surface area contributed by atoms with Crippen molar-refractivity contribution in [3.05, 3.63) is 95.1 Å². The van der Waals surface area contributed by atoms with Gasteiger partial charge in [0.2, 0.25) is 5.91 Å². The van der Waals surface area contributed by atoms with Crippen molar-refractivity contribution >= 4 is 17.7 Å². The van der Waals surface area contributed by atoms with Crippen molar-refractivity contribution in [2.75, 3.05) is 13.2 Å². The predicted octanol–water partition coefficient (Wildman–Crippen LogP) is 3.06. The summed E-state index contributed by atoms with van der Waals surface area (Å²) in [7, 11) is 0. The molecule has 1 aliphatic heterocycles. The van der Waals surface area contributed by atoms with Gasteiger partial charge in [0.25, 0.3) is 11.8 Å². The average molecular weight is 578 g/mol. The number of amides is 3. The number of phenolic OH excluding ortho intramolecular Hbond substituents is 1. The highest BCUT2D eigenvalue weighted by atomic mass is 19.1. The van der Waals surface area contributed by atoms with Gasteiger partial charge >= 0.3 is 0 Å². The van der Waals surface area contributed by atoms with E-state index in [1.807, 2.05) is 19.1 Å². The fourth-order valence-electron chi connectivity index (χ4n) is 5.06. The average Bonchev–Trinajstić information content (AvgIpc) is 3.38. The van der Waals surface area contributed by atoms with E-state index < -0.39 is 42.1 Å². The van der Waals surface area contributed by atoms with Crippen molar-refractivity contribution in [2.45, 2.75) is 57.6 Å². The number of aliphatic hydroxyl groups excluding tert-OH is 1. The van der Waals surface area contributed by atoms with Gasteiger partial charge in [0.15, 0.2) is 6.10 Å². The number of hydrogen-bond donors (Lipinski definition) is 4. The van der Waals surface area contributed by atoms with Crippen LogP contribution in [0.1, 0.15) is 40.4 Å². The third kappa shape index (κ3) is 7.44. The Bertz CT molecular complexity index is 1400. The van der Waals surface area contributed by atoms with Crippen LogP contribution in [0.5, 0.6) is 11.5 Å². The normalized spacial score (nSPS) is 17.8. The smallest absolute Gasteiger partial charge is 0.254 e. The molecule has 1 aliphatic rings. The lowest BCUT2D eigenvalue weighted by Gasteiger charge is -2.30. The molecule has 3 amide bonds. The number of carbonyl (C=O) groups is 3. The molecule has 3 aromatic rings. The molecule has 4 atom stereocenters. The Morgan fingerprint density at radius 2 is 1.76 bits per heavy atom. The van der Waals surface area contributed by atoms with Gasteiger partial charge in [0.1, 0.15) is 23.7 Å². The summed E-state index contributed by atoms with van der Waals surface area (Å²) in [6, 6.07) is 18.5. The largest absolute Gasteiger partial charge is 0.508 e. The number of likely N-dealkylation sites (tertiary alicyclic amines) is 1. The van der Waals surface area contributed by atoms with E-state index >= 15 is 0 Å². The van der Waals surface area contributed by atoms with Crippen molar-refractivity contribution in [1.29, 1.82) is 0 Å². The second-order valence-electron chi connectivity index (χ2n) is 10.3. The van der Waals surface area contributed by atoms with Gasteiger partial charge in [-0.25, -0.2) is 4.39 Å². The van der Waals surface area contributed by atoms with Crippen LogP contribution in [-0.4, -0.2) is 70.3 Å². The molecule has 0 aliphatic carbocycles. The zero-order valence-electron chi connectivity index (χ0n) is 23.6. The molecule has 222 valence electrons. The first-order chi connectivity index (χ1) is 20.2. The lowest BCUT2D eigenvalue weighted by Crippen LogP contribution is -2.55. The number of rotatable bonds is 11. The monoisotopic (exact) mass is 577 g/mol. The number of nitrogens with zero attached hydrogens (tertiary/aromatic N) is 1. The van der Waals surface area contributed by atoms with E-state index in [1.54, 1.807) is 49.4 Å². The summed E-state index contributed by atoms with van der Waals surface area (Å²) in [5.74, 6) is -1.41. The lowest BCUT2D eigenvalue weighted by molar-refractivity contribution is -0.146. The minimum absolute atomic E-state index is 0.0663. The topological polar surface area (TPSA) is 128 Å². The molecule has 4 N–H and O–H groups in total. The first-order valence-corrected chi connectivity index (χ1v) is 13.9. The molecule has 4 rings (SSSR count). The summed E-state index contributed by atoms with van der Waals surface area (Å²) in [5.41, 5.74) is 2.05. The molecule has 0 radical (unpaired) electrons. The Morgan fingerprint density at radius 3 is 2.50 bits per heavy atom. The first-order valence-electron chi connectivity index (χ1n) is 13.9. The summed E-state index contributed by atoms with van der Waals surface area (Å²) in [6.07, 6.45) is -3.33. The third-order valence-electron chi connectivity index (χ3n) is 7.31. The highest BCUT2D eigenvalue weighted by molar-refractivity contribution is 5.97. The SMILES string of the molecule is CCOc1cccc(CNC(=O)[C@H]2C[C@@H](F)CN2C(=O)[C@@H](O)[C@H](Cc2ccccc2)NC(=O)c2cccc(O)c2C)c1. The van der Waals surface area contributed by atoms with E-state index in [9.17, 15) is 29.0 Å². The van der Waals surface area contributed by atoms with Crippen molar-refractivity contribution in [3.63, 3.8) is 0 Å². The molecular formula is C32H36FN3O6. The van der Waals surface area contributed by atoms with Crippen molar-refractivity contribution < 1.29 is 33.7 Å². The molecule has 0 saturated carbocycles. The number of hydrogen-bond acceptors (Lipinski definition) is 6. The second kappa shape index (κ2) is 14.0. The van der Waals surface area contributed by atoms with Gasteiger partial charge < -0.3 is 30.5 Å². The molecule has 0 spiro atoms. The molecule has 10 heteroatoms. The zero-order chi connectivity index (χ0) is 30.2. The highest BCUT2D eigenvalue weighted by Gasteiger charge is 2.43. The zero-order valence-corrected chi connectivity index (χ0v) is 23.6. The minimum Gasteiger partial charge on any atom is -0.508 e. The molecular weight excluding hydrogens is 541 g/mol. The Labute approximate surface area is 244 Å². The van der Waals surface area contributed by atoms with Crippen LogP contribution in [0, 0.1) is 6.92 Å². The highest BCUT2D eigenvalue weighted by Crippen LogP contribution is 2.24. The molecule has 1 heterocycles. The Balaban J connectivity index is 1.50. The van der Waals surface area contributed by atoms with Crippen LogP contribution in [0.25, 0.3) is 0 Å². The maximum Gasteiger partial charge on any atom is 0.254 e. The number of nitrogens with one attached hydrogen (secondary N) is 2. The molecule has 0 unspecified atom stereocenters. The van der Waals surface area contributed by atoms with Crippen LogP contribution < -0.4 is 15.4 Å². The molecule has 0 bridgehead atoms. The first kappa shape index (κ1) is 30.5. The van der Waals surface area contributed by atoms with E-state index in [0.717, 1.165) is 16.0 Å². The Hall–Kier alpha value is -4.44. The maximum absolute atomic E-state index is 14.6. The summed E-state index contributed by atoms with van der Waals surface area (Å²) in [6.45, 7) is 3.73. The number of phenols is 1. The van der Waals surface area contributed by atoms with E-state index in [2.05, 4.69) is 10.6 Å². The number of carbonyl (C=O) groups excluding carboxylic acids is 3. The predicted molar refractivity (Wildman–Crippen MR) is 155 cm³/mol. The number of alkyl halides is 1. The number of aliphatic hydroxyl groups is 1. The molecule has 9 nitrogen and oxygen atoms in total. The summed E-state index contributed by atoms with van der Waals surface area (Å²) in [5, 5.41) is 26.8. The summed E-state index contributed by atoms with van der Waals surface area (Å²) < 4.78 is 20.1. The number of halogens is 1. The Kier molecular flexibility index (Phi) is 10.1. The van der Waals surface area contributed by atoms with Gasteiger partial charge in [-0.15, -0.1) is 0 Å². The van der Waals surface area contributed by atoms with E-state index in [1.165, 1.54) is 18.2 Å². The Morgan fingerprint density at radius 1 is 1.05 bits per heavy atom. The molecule has 1 fully saturated rings. The van der Waals surface area contributed by atoms with Gasteiger partial charge in [-0.05, 0) is 55.7 Å². The number of ether oxygens (including phenoxy) is 1. The van der Waals surface area contributed by atoms with Crippen LogP contribution in [-0.2, 0) is 22.6 Å². The van der Waals surface area contributed by atoms with Crippen LogP contribution >= 0.6 is 0 Å². The van der Waals surface area contributed by atoms with Gasteiger partial charge in [-0.1, -0.05) is 48.5 Å². The molecule has 42 heavy (non-hydrogen) atoms. The van der Waals surface area contributed by atoms with E-state index in [0.29, 0.717) is 17.9 Å². The van der Waals surface area contributed by atoms with Crippen LogP contribution in [0.4, 0.5) is 4.39 Å². The van der Waals surface area contributed by atoms with Gasteiger partial charge in [0.05, 0.1) is 19.2 Å². The molecule has 1 saturated heterocycles. The lowest BCUT2D eigenvalue weighted by atomic mass is 9.98. The van der Waals surface area contributed by atoms with Crippen molar-refractivity contribution in [2.24, 2.45) is 0 Å². The van der Waals surface area contributed by atoms with Crippen LogP contribution in [0.15, 0.2) is 72.8 Å². The quantitative estimate of drug-likeness (QED) is 0.277. The molecule has 3 aromatic carbocycles. The maximum atomic E-state index is 14.6. The second-order valence-corrected chi connectivity index (χ2v) is 10.3. The van der Waals surface area contributed by atoms with E-state index in [4.69, 9.17) is 4.74 Å². The van der Waals surface area contributed by atoms with Crippen molar-refractivity contribution in [1.82, 2.24) is 15.5 Å². The number of aromatic hydroxyl groups is 1. The fraction of sp³-hybridized carbons (Fsp3) is 0.344. The molecule has 0 aromatic heterocycles. The summed E-state index contributed by atoms with van der Waals surface area (Å²) >= 11 is 0. The van der Waals surface area contributed by atoms with E-state index in [-0.39, 0.29) is 37.2 Å². The summed E-state index contributed by atoms with van der Waals surface area (Å²) in [4.78, 5) is 40.9. The third-order valence-corrected chi connectivity index (χ3v) is 7.31. The van der Waals surface area contributed by atoms with Gasteiger partial charge in [-0.2, -0.15) is 0 Å². The van der Waals surface area contributed by atoms with Gasteiger partial charge in [0, 0.05) is 24.1 Å². The van der Waals surface area contributed by atoms with Crippen molar-refractivity contribution in [3.8, 4) is 11.5 Å².